The van der Waals surface area contributed by atoms with E-state index in [2.05, 4.69) is 17.2 Å². The third-order valence-corrected chi connectivity index (χ3v) is 2.00. The summed E-state index contributed by atoms with van der Waals surface area (Å²) in [4.78, 5) is 32.6. The molecule has 0 atom stereocenters. The number of hydrogen-bond donors (Lipinski definition) is 2. The number of benzene rings is 1. The number of nitrogens with zero attached hydrogens (tertiary/aromatic N) is 2. The number of anilines is 1. The van der Waals surface area contributed by atoms with Crippen LogP contribution in [0.25, 0.3) is 0 Å². The minimum absolute atomic E-state index is 0.308. The molecule has 1 rings (SSSR count). The second kappa shape index (κ2) is 6.14. The van der Waals surface area contributed by atoms with E-state index >= 15 is 0 Å². The van der Waals surface area contributed by atoms with Crippen LogP contribution in [0, 0.1) is 4.91 Å². The van der Waals surface area contributed by atoms with Gasteiger partial charge in [0.05, 0.1) is 17.4 Å². The standard InChI is InChI=1S/C11H11N3O4/c1-8(10(15)16)7-14(13-18)11(17)12-9-5-3-2-4-6-9/h2-6H,1,7H2,(H,12,17)(H,15,16). The lowest BCUT2D eigenvalue weighted by molar-refractivity contribution is -0.132. The van der Waals surface area contributed by atoms with Gasteiger partial charge in [0, 0.05) is 5.69 Å². The van der Waals surface area contributed by atoms with Gasteiger partial charge in [-0.1, -0.05) is 24.8 Å². The molecule has 0 heterocycles. The van der Waals surface area contributed by atoms with Gasteiger partial charge in [0.25, 0.3) is 0 Å². The van der Waals surface area contributed by atoms with Crippen LogP contribution in [0.5, 0.6) is 0 Å². The summed E-state index contributed by atoms with van der Waals surface area (Å²) in [5.74, 6) is -1.30. The number of amides is 2. The predicted octanol–water partition coefficient (Wildman–Crippen LogP) is 1.84. The second-order valence-electron chi connectivity index (χ2n) is 3.34. The Morgan fingerprint density at radius 2 is 1.94 bits per heavy atom. The van der Waals surface area contributed by atoms with E-state index in [4.69, 9.17) is 5.11 Å². The molecule has 0 aliphatic rings. The number of urea groups is 1. The van der Waals surface area contributed by atoms with Gasteiger partial charge < -0.3 is 10.4 Å². The van der Waals surface area contributed by atoms with Gasteiger partial charge in [0.15, 0.2) is 0 Å². The van der Waals surface area contributed by atoms with Gasteiger partial charge >= 0.3 is 12.0 Å². The summed E-state index contributed by atoms with van der Waals surface area (Å²) >= 11 is 0. The molecule has 0 aliphatic carbocycles. The van der Waals surface area contributed by atoms with Crippen LogP contribution in [-0.2, 0) is 4.79 Å². The third kappa shape index (κ3) is 3.71. The maximum atomic E-state index is 11.6. The molecule has 1 aromatic rings. The Balaban J connectivity index is 2.66. The molecule has 0 saturated heterocycles. The molecule has 2 amide bonds. The summed E-state index contributed by atoms with van der Waals surface area (Å²) < 4.78 is 0. The first kappa shape index (κ1) is 13.4. The molecule has 0 unspecified atom stereocenters. The largest absolute Gasteiger partial charge is 0.478 e. The highest BCUT2D eigenvalue weighted by Crippen LogP contribution is 2.07. The molecular weight excluding hydrogens is 238 g/mol. The Kier molecular flexibility index (Phi) is 4.56. The highest BCUT2D eigenvalue weighted by molar-refractivity contribution is 5.91. The second-order valence-corrected chi connectivity index (χ2v) is 3.34. The molecule has 0 bridgehead atoms. The van der Waals surface area contributed by atoms with Crippen molar-refractivity contribution in [2.24, 2.45) is 5.29 Å². The van der Waals surface area contributed by atoms with Crippen LogP contribution in [0.1, 0.15) is 0 Å². The van der Waals surface area contributed by atoms with E-state index in [1.807, 2.05) is 0 Å². The third-order valence-electron chi connectivity index (χ3n) is 2.00. The predicted molar refractivity (Wildman–Crippen MR) is 64.7 cm³/mol. The first-order valence-electron chi connectivity index (χ1n) is 4.92. The van der Waals surface area contributed by atoms with Gasteiger partial charge in [-0.3, -0.25) is 0 Å². The maximum Gasteiger partial charge on any atom is 0.345 e. The molecule has 0 radical (unpaired) electrons. The van der Waals surface area contributed by atoms with Crippen molar-refractivity contribution >= 4 is 17.7 Å². The molecule has 0 saturated carbocycles. The molecule has 94 valence electrons. The molecule has 0 aliphatic heterocycles. The number of nitroso groups, excluding NO2 is 1. The Hall–Kier alpha value is -2.70. The van der Waals surface area contributed by atoms with E-state index in [0.29, 0.717) is 10.7 Å². The first-order valence-corrected chi connectivity index (χ1v) is 4.92. The van der Waals surface area contributed by atoms with Crippen molar-refractivity contribution in [2.75, 3.05) is 11.9 Å². The molecule has 0 spiro atoms. The minimum Gasteiger partial charge on any atom is -0.478 e. The number of aliphatic carboxylic acids is 1. The Morgan fingerprint density at radius 3 is 2.44 bits per heavy atom. The monoisotopic (exact) mass is 249 g/mol. The first-order chi connectivity index (χ1) is 8.54. The van der Waals surface area contributed by atoms with Crippen molar-refractivity contribution < 1.29 is 14.7 Å². The summed E-state index contributed by atoms with van der Waals surface area (Å²) in [5, 5.41) is 13.9. The summed E-state index contributed by atoms with van der Waals surface area (Å²) in [6.45, 7) is 2.74. The van der Waals surface area contributed by atoms with Crippen LogP contribution < -0.4 is 5.32 Å². The fourth-order valence-corrected chi connectivity index (χ4v) is 1.10. The molecule has 2 N–H and O–H groups in total. The van der Waals surface area contributed by atoms with Crippen LogP contribution in [0.15, 0.2) is 47.8 Å². The minimum atomic E-state index is -1.30. The lowest BCUT2D eigenvalue weighted by Crippen LogP contribution is -2.32. The van der Waals surface area contributed by atoms with Gasteiger partial charge in [-0.05, 0) is 12.1 Å². The number of carboxylic acids is 1. The molecular formula is C11H11N3O4. The fraction of sp³-hybridized carbons (Fsp3) is 0.0909. The van der Waals surface area contributed by atoms with Crippen LogP contribution in [0.3, 0.4) is 0 Å². The molecule has 18 heavy (non-hydrogen) atoms. The van der Waals surface area contributed by atoms with Gasteiger partial charge in [0.1, 0.15) is 0 Å². The van der Waals surface area contributed by atoms with Crippen molar-refractivity contribution in [2.45, 2.75) is 0 Å². The average molecular weight is 249 g/mol. The average Bonchev–Trinajstić information content (AvgIpc) is 2.36. The van der Waals surface area contributed by atoms with Gasteiger partial charge in [-0.15, -0.1) is 4.91 Å². The zero-order chi connectivity index (χ0) is 13.5. The highest BCUT2D eigenvalue weighted by atomic mass is 16.4. The normalized spacial score (nSPS) is 9.33. The number of para-hydroxylation sites is 1. The fourth-order valence-electron chi connectivity index (χ4n) is 1.10. The molecule has 0 fully saturated rings. The van der Waals surface area contributed by atoms with Crippen LogP contribution in [0.2, 0.25) is 0 Å². The Morgan fingerprint density at radius 1 is 1.33 bits per heavy atom. The highest BCUT2D eigenvalue weighted by Gasteiger charge is 2.18. The summed E-state index contributed by atoms with van der Waals surface area (Å²) in [5.41, 5.74) is 0.162. The lowest BCUT2D eigenvalue weighted by Gasteiger charge is -2.14. The Bertz CT molecular complexity index is 472. The number of rotatable bonds is 5. The number of carbonyl (C=O) groups excluding carboxylic acids is 1. The van der Waals surface area contributed by atoms with Crippen molar-refractivity contribution in [3.63, 3.8) is 0 Å². The zero-order valence-electron chi connectivity index (χ0n) is 9.37. The van der Waals surface area contributed by atoms with Gasteiger partial charge in [-0.25, -0.2) is 9.59 Å². The summed E-state index contributed by atoms with van der Waals surface area (Å²) in [6.07, 6.45) is 0. The molecule has 0 aromatic heterocycles. The van der Waals surface area contributed by atoms with Crippen molar-refractivity contribution in [1.82, 2.24) is 5.01 Å². The number of carbonyl (C=O) groups is 2. The van der Waals surface area contributed by atoms with E-state index in [1.54, 1.807) is 30.3 Å². The summed E-state index contributed by atoms with van der Waals surface area (Å²) in [7, 11) is 0. The van der Waals surface area contributed by atoms with Crippen LogP contribution in [-0.4, -0.2) is 28.7 Å². The van der Waals surface area contributed by atoms with E-state index in [1.165, 1.54) is 0 Å². The van der Waals surface area contributed by atoms with E-state index in [9.17, 15) is 14.5 Å². The van der Waals surface area contributed by atoms with E-state index < -0.39 is 18.5 Å². The number of carboxylic acid groups (broad SMARTS) is 1. The van der Waals surface area contributed by atoms with Gasteiger partial charge in [-0.2, -0.15) is 5.01 Å². The van der Waals surface area contributed by atoms with E-state index in [0.717, 1.165) is 0 Å². The van der Waals surface area contributed by atoms with Crippen molar-refractivity contribution in [3.8, 4) is 0 Å². The van der Waals surface area contributed by atoms with Crippen LogP contribution in [0.4, 0.5) is 10.5 Å². The quantitative estimate of drug-likeness (QED) is 0.472. The zero-order valence-corrected chi connectivity index (χ0v) is 9.37. The smallest absolute Gasteiger partial charge is 0.345 e. The maximum absolute atomic E-state index is 11.6. The molecule has 7 heteroatoms. The molecule has 7 nitrogen and oxygen atoms in total. The Labute approximate surface area is 103 Å². The summed E-state index contributed by atoms with van der Waals surface area (Å²) in [6, 6.07) is 7.57. The SMILES string of the molecule is C=C(CN(N=O)C(=O)Nc1ccccc1)C(=O)O. The topological polar surface area (TPSA) is 99.1 Å². The molecule has 1 aromatic carbocycles. The van der Waals surface area contributed by atoms with Crippen LogP contribution >= 0.6 is 0 Å². The van der Waals surface area contributed by atoms with E-state index in [-0.39, 0.29) is 5.57 Å². The van der Waals surface area contributed by atoms with Crippen molar-refractivity contribution in [3.05, 3.63) is 47.4 Å². The number of nitrogens with one attached hydrogen (secondary N) is 1. The van der Waals surface area contributed by atoms with Crippen molar-refractivity contribution in [1.29, 1.82) is 0 Å². The number of hydrogen-bond acceptors (Lipinski definition) is 4. The van der Waals surface area contributed by atoms with Gasteiger partial charge in [0.2, 0.25) is 0 Å². The lowest BCUT2D eigenvalue weighted by atomic mass is 10.3.